The molecule has 2 fully saturated rings. The first-order valence-electron chi connectivity index (χ1n) is 12.6. The minimum atomic E-state index is -4.65. The molecule has 1 saturated carbocycles. The molecule has 0 spiro atoms. The summed E-state index contributed by atoms with van der Waals surface area (Å²) in [5.74, 6) is -2.17. The summed E-state index contributed by atoms with van der Waals surface area (Å²) in [6.07, 6.45) is -0.571. The highest BCUT2D eigenvalue weighted by Crippen LogP contribution is 2.36. The molecular weight excluding hydrogens is 487 g/mol. The molecule has 2 N–H and O–H groups in total. The Hall–Kier alpha value is -3.21. The van der Waals surface area contributed by atoms with Gasteiger partial charge in [-0.2, -0.15) is 13.2 Å². The molecule has 1 aromatic carbocycles. The Balaban J connectivity index is 1.51. The Morgan fingerprint density at radius 1 is 1.05 bits per heavy atom. The maximum absolute atomic E-state index is 13.7. The summed E-state index contributed by atoms with van der Waals surface area (Å²) in [7, 11) is 2.01. The number of carbonyl (C=O) groups excluding carboxylic acids is 1. The van der Waals surface area contributed by atoms with Gasteiger partial charge in [-0.3, -0.25) is 9.59 Å². The topological polar surface area (TPSA) is 98.7 Å². The van der Waals surface area contributed by atoms with Crippen LogP contribution in [-0.2, 0) is 17.4 Å². The summed E-state index contributed by atoms with van der Waals surface area (Å²) in [6.45, 7) is 2.93. The Morgan fingerprint density at radius 2 is 1.73 bits per heavy atom. The Kier molecular flexibility index (Phi) is 8.31. The van der Waals surface area contributed by atoms with E-state index in [4.69, 9.17) is 0 Å². The van der Waals surface area contributed by atoms with Crippen molar-refractivity contribution in [2.75, 3.05) is 38.5 Å². The molecule has 2 aromatic rings. The van der Waals surface area contributed by atoms with E-state index in [0.717, 1.165) is 38.5 Å². The number of hydrogen-bond donors (Lipinski definition) is 2. The van der Waals surface area contributed by atoms with E-state index < -0.39 is 29.5 Å². The second kappa shape index (κ2) is 11.5. The van der Waals surface area contributed by atoms with E-state index in [1.165, 1.54) is 0 Å². The number of anilines is 2. The SMILES string of the molecule is CN1CCN(C(=O)c2ccc(Nc3ncc(C(F)(F)F)c(C[C@@H]4CCCCC[C@@H]4C(=O)O)n3)cc2)CC1. The third kappa shape index (κ3) is 6.76. The van der Waals surface area contributed by atoms with Crippen LogP contribution < -0.4 is 5.32 Å². The first-order valence-corrected chi connectivity index (χ1v) is 12.6. The molecule has 0 radical (unpaired) electrons. The molecule has 200 valence electrons. The number of aliphatic carboxylic acids is 1. The van der Waals surface area contributed by atoms with Crippen LogP contribution in [0.2, 0.25) is 0 Å². The highest BCUT2D eigenvalue weighted by atomic mass is 19.4. The molecule has 2 aliphatic rings. The number of halogens is 3. The van der Waals surface area contributed by atoms with Crippen molar-refractivity contribution in [3.63, 3.8) is 0 Å². The molecular formula is C26H32F3N5O3. The monoisotopic (exact) mass is 519 g/mol. The number of carbonyl (C=O) groups is 2. The predicted molar refractivity (Wildman–Crippen MR) is 132 cm³/mol. The van der Waals surface area contributed by atoms with Crippen LogP contribution >= 0.6 is 0 Å². The maximum Gasteiger partial charge on any atom is 0.419 e. The van der Waals surface area contributed by atoms with Crippen LogP contribution in [-0.4, -0.2) is 70.0 Å². The van der Waals surface area contributed by atoms with Gasteiger partial charge in [0.25, 0.3) is 5.91 Å². The number of hydrogen-bond acceptors (Lipinski definition) is 6. The van der Waals surface area contributed by atoms with E-state index in [1.54, 1.807) is 29.2 Å². The molecule has 11 heteroatoms. The Bertz CT molecular complexity index is 1100. The fourth-order valence-electron chi connectivity index (χ4n) is 5.09. The lowest BCUT2D eigenvalue weighted by Gasteiger charge is -2.32. The van der Waals surface area contributed by atoms with Gasteiger partial charge in [-0.05, 0) is 56.5 Å². The van der Waals surface area contributed by atoms with Crippen LogP contribution in [0.4, 0.5) is 24.8 Å². The van der Waals surface area contributed by atoms with Gasteiger partial charge in [-0.15, -0.1) is 0 Å². The van der Waals surface area contributed by atoms with Crippen molar-refractivity contribution in [1.29, 1.82) is 0 Å². The fourth-order valence-corrected chi connectivity index (χ4v) is 5.09. The molecule has 1 aromatic heterocycles. The molecule has 0 unspecified atom stereocenters. The summed E-state index contributed by atoms with van der Waals surface area (Å²) >= 11 is 0. The lowest BCUT2D eigenvalue weighted by atomic mass is 9.84. The minimum Gasteiger partial charge on any atom is -0.481 e. The van der Waals surface area contributed by atoms with Gasteiger partial charge in [0.2, 0.25) is 5.95 Å². The van der Waals surface area contributed by atoms with Gasteiger partial charge >= 0.3 is 12.1 Å². The molecule has 2 heterocycles. The molecule has 37 heavy (non-hydrogen) atoms. The van der Waals surface area contributed by atoms with Crippen molar-refractivity contribution in [3.05, 3.63) is 47.3 Å². The molecule has 1 aliphatic heterocycles. The Morgan fingerprint density at radius 3 is 2.38 bits per heavy atom. The summed E-state index contributed by atoms with van der Waals surface area (Å²) in [5.41, 5.74) is -0.0970. The zero-order valence-corrected chi connectivity index (χ0v) is 20.8. The third-order valence-electron chi connectivity index (χ3n) is 7.28. The molecule has 4 rings (SSSR count). The third-order valence-corrected chi connectivity index (χ3v) is 7.28. The zero-order valence-electron chi connectivity index (χ0n) is 20.8. The van der Waals surface area contributed by atoms with Crippen LogP contribution in [0.25, 0.3) is 0 Å². The predicted octanol–water partition coefficient (Wildman–Crippen LogP) is 4.45. The van der Waals surface area contributed by atoms with Gasteiger partial charge in [0.1, 0.15) is 0 Å². The van der Waals surface area contributed by atoms with Crippen molar-refractivity contribution >= 4 is 23.5 Å². The van der Waals surface area contributed by atoms with Crippen molar-refractivity contribution in [1.82, 2.24) is 19.8 Å². The number of amides is 1. The van der Waals surface area contributed by atoms with E-state index in [-0.39, 0.29) is 24.0 Å². The Labute approximate surface area is 213 Å². The largest absolute Gasteiger partial charge is 0.481 e. The first-order chi connectivity index (χ1) is 17.6. The average Bonchev–Trinajstić information content (AvgIpc) is 3.09. The van der Waals surface area contributed by atoms with E-state index in [9.17, 15) is 27.9 Å². The van der Waals surface area contributed by atoms with Crippen LogP contribution in [0.15, 0.2) is 30.5 Å². The second-order valence-electron chi connectivity index (χ2n) is 9.90. The van der Waals surface area contributed by atoms with Gasteiger partial charge < -0.3 is 20.2 Å². The first kappa shape index (κ1) is 26.8. The van der Waals surface area contributed by atoms with E-state index in [1.807, 2.05) is 7.05 Å². The van der Waals surface area contributed by atoms with Gasteiger partial charge in [-0.1, -0.05) is 19.3 Å². The van der Waals surface area contributed by atoms with Crippen LogP contribution in [0, 0.1) is 11.8 Å². The number of aromatic nitrogens is 2. The number of rotatable bonds is 6. The summed E-state index contributed by atoms with van der Waals surface area (Å²) in [5, 5.41) is 12.6. The number of alkyl halides is 3. The van der Waals surface area contributed by atoms with Crippen molar-refractivity contribution in [3.8, 4) is 0 Å². The van der Waals surface area contributed by atoms with Gasteiger partial charge in [0.15, 0.2) is 0 Å². The quantitative estimate of drug-likeness (QED) is 0.544. The number of carboxylic acid groups (broad SMARTS) is 1. The molecule has 1 saturated heterocycles. The van der Waals surface area contributed by atoms with Crippen LogP contribution in [0.5, 0.6) is 0 Å². The highest BCUT2D eigenvalue weighted by Gasteiger charge is 2.37. The van der Waals surface area contributed by atoms with Crippen LogP contribution in [0.3, 0.4) is 0 Å². The standard InChI is InChI=1S/C26H32F3N5O3/c1-33-11-13-34(14-12-33)23(35)17-7-9-19(10-8-17)31-25-30-16-21(26(27,28)29)22(32-25)15-18-5-3-2-4-6-20(18)24(36)37/h7-10,16,18,20H,2-6,11-15H2,1H3,(H,36,37)(H,30,31,32)/t18-,20-/m0/s1. The molecule has 8 nitrogen and oxygen atoms in total. The lowest BCUT2D eigenvalue weighted by molar-refractivity contribution is -0.144. The zero-order chi connectivity index (χ0) is 26.6. The van der Waals surface area contributed by atoms with E-state index in [2.05, 4.69) is 20.2 Å². The van der Waals surface area contributed by atoms with Crippen molar-refractivity contribution in [2.24, 2.45) is 11.8 Å². The van der Waals surface area contributed by atoms with Crippen LogP contribution in [0.1, 0.15) is 53.7 Å². The maximum atomic E-state index is 13.7. The van der Waals surface area contributed by atoms with Crippen molar-refractivity contribution < 1.29 is 27.9 Å². The molecule has 1 amide bonds. The van der Waals surface area contributed by atoms with Gasteiger partial charge in [-0.25, -0.2) is 9.97 Å². The normalized spacial score (nSPS) is 21.4. The average molecular weight is 520 g/mol. The number of nitrogens with one attached hydrogen (secondary N) is 1. The second-order valence-corrected chi connectivity index (χ2v) is 9.90. The summed E-state index contributed by atoms with van der Waals surface area (Å²) in [4.78, 5) is 36.5. The molecule has 0 bridgehead atoms. The molecule has 2 atom stereocenters. The van der Waals surface area contributed by atoms with E-state index >= 15 is 0 Å². The fraction of sp³-hybridized carbons (Fsp3) is 0.538. The minimum absolute atomic E-state index is 0.0124. The summed E-state index contributed by atoms with van der Waals surface area (Å²) < 4.78 is 41.2. The lowest BCUT2D eigenvalue weighted by Crippen LogP contribution is -2.47. The van der Waals surface area contributed by atoms with Gasteiger partial charge in [0, 0.05) is 43.6 Å². The van der Waals surface area contributed by atoms with E-state index in [0.29, 0.717) is 37.2 Å². The van der Waals surface area contributed by atoms with Crippen molar-refractivity contribution in [2.45, 2.75) is 44.7 Å². The number of nitrogens with zero attached hydrogens (tertiary/aromatic N) is 4. The number of piperazine rings is 1. The number of carboxylic acids is 1. The number of likely N-dealkylation sites (N-methyl/N-ethyl adjacent to an activating group) is 1. The summed E-state index contributed by atoms with van der Waals surface area (Å²) in [6, 6.07) is 6.65. The smallest absolute Gasteiger partial charge is 0.419 e. The highest BCUT2D eigenvalue weighted by molar-refractivity contribution is 5.94. The number of benzene rings is 1. The molecule has 1 aliphatic carbocycles. The van der Waals surface area contributed by atoms with Gasteiger partial charge in [0.05, 0.1) is 17.2 Å².